The van der Waals surface area contributed by atoms with Gasteiger partial charge in [0.15, 0.2) is 5.13 Å². The van der Waals surface area contributed by atoms with E-state index in [0.29, 0.717) is 48.0 Å². The first kappa shape index (κ1) is 44.1. The van der Waals surface area contributed by atoms with Crippen molar-refractivity contribution in [2.75, 3.05) is 30.0 Å². The van der Waals surface area contributed by atoms with Gasteiger partial charge in [-0.25, -0.2) is 9.97 Å². The summed E-state index contributed by atoms with van der Waals surface area (Å²) in [4.78, 5) is 26.3. The summed E-state index contributed by atoms with van der Waals surface area (Å²) in [6, 6.07) is 26.2. The number of hydrogen-bond donors (Lipinski definition) is 2. The second-order valence-electron chi connectivity index (χ2n) is 18.8. The summed E-state index contributed by atoms with van der Waals surface area (Å²) in [5, 5.41) is 19.1. The molecule has 1 saturated heterocycles. The zero-order valence-corrected chi connectivity index (χ0v) is 39.8. The van der Waals surface area contributed by atoms with Gasteiger partial charge in [-0.3, -0.25) is 14.8 Å². The van der Waals surface area contributed by atoms with Gasteiger partial charge in [0, 0.05) is 42.0 Å². The lowest BCUT2D eigenvalue weighted by atomic mass is 9.49. The van der Waals surface area contributed by atoms with Crippen LogP contribution >= 0.6 is 19.5 Å². The summed E-state index contributed by atoms with van der Waals surface area (Å²) < 4.78 is 21.7. The maximum atomic E-state index is 13.9. The average Bonchev–Trinajstić information content (AvgIpc) is 3.90. The lowest BCUT2D eigenvalue weighted by Crippen LogP contribution is -2.48. The number of carbonyl (C=O) groups excluding carboxylic acids is 1. The van der Waals surface area contributed by atoms with Crippen LogP contribution in [0.4, 0.5) is 10.9 Å². The van der Waals surface area contributed by atoms with E-state index >= 15 is 0 Å². The predicted molar refractivity (Wildman–Crippen MR) is 260 cm³/mol. The van der Waals surface area contributed by atoms with Gasteiger partial charge in [0.2, 0.25) is 6.29 Å². The van der Waals surface area contributed by atoms with Crippen molar-refractivity contribution in [2.24, 2.45) is 23.2 Å². The zero-order chi connectivity index (χ0) is 44.7. The van der Waals surface area contributed by atoms with Crippen LogP contribution in [0.3, 0.4) is 0 Å². The molecular weight excluding hydrogens is 852 g/mol. The number of amides is 1. The van der Waals surface area contributed by atoms with Crippen LogP contribution in [0.5, 0.6) is 5.75 Å². The first-order valence-corrected chi connectivity index (χ1v) is 26.2. The van der Waals surface area contributed by atoms with E-state index in [1.54, 1.807) is 0 Å². The quantitative estimate of drug-likeness (QED) is 0.116. The number of para-hydroxylation sites is 1. The Balaban J connectivity index is 0.00000246. The van der Waals surface area contributed by atoms with Crippen LogP contribution < -0.4 is 20.4 Å². The highest BCUT2D eigenvalue weighted by Gasteiger charge is 2.51. The number of anilines is 2. The lowest BCUT2D eigenvalue weighted by Gasteiger charge is -2.56. The number of nitrogens with zero attached hydrogens (tertiary/aromatic N) is 5. The Hall–Kier alpha value is -4.71. The van der Waals surface area contributed by atoms with Gasteiger partial charge in [0.1, 0.15) is 23.1 Å². The molecule has 3 atom stereocenters. The number of aromatic nitrogens is 4. The van der Waals surface area contributed by atoms with Crippen molar-refractivity contribution >= 4 is 52.0 Å². The summed E-state index contributed by atoms with van der Waals surface area (Å²) >= 11 is 1.49. The standard InChI is InChI=1S/C50H55N6O5PS.C2H6/c1-31-40(27-51-56(31)30-50-24-33-21-34(25-50)23-35(22-33)26-50)39-16-17-45(53-47(39)62(2)60-29-32-12-14-37(15-13-32)61-48-43(57)10-6-20-59-48)55-19-18-36-7-5-8-38(41(36)28-55)46(58)54-49-52-42-9-3-4-11-44(42)63-49;1-2/h3-5,7-9,11-17,27,33-35,43,48,57H,6,10,18-26,28-30H2,1-2H3,(H,52,54,58);1-2H3/t33?,34?,35?,43-,48?,50?,62?;/m0./s1. The molecule has 13 heteroatoms. The van der Waals surface area contributed by atoms with Crippen molar-refractivity contribution in [3.63, 3.8) is 0 Å². The summed E-state index contributed by atoms with van der Waals surface area (Å²) in [7, 11) is -1.17. The highest BCUT2D eigenvalue weighted by atomic mass is 32.1. The molecule has 6 aliphatic rings. The number of nitrogens with one attached hydrogen (secondary N) is 1. The van der Waals surface area contributed by atoms with Gasteiger partial charge in [0.25, 0.3) is 5.91 Å². The van der Waals surface area contributed by atoms with Crippen molar-refractivity contribution in [1.82, 2.24) is 19.7 Å². The first-order chi connectivity index (χ1) is 31.7. The third-order valence-corrected chi connectivity index (χ3v) is 16.8. The fourth-order valence-corrected chi connectivity index (χ4v) is 13.8. The molecule has 2 aliphatic heterocycles. The molecule has 340 valence electrons. The third kappa shape index (κ3) is 9.22. The van der Waals surface area contributed by atoms with Crippen LogP contribution in [0.15, 0.2) is 85.1 Å². The van der Waals surface area contributed by atoms with Crippen molar-refractivity contribution in [1.29, 1.82) is 0 Å². The summed E-state index contributed by atoms with van der Waals surface area (Å²) in [5.41, 5.74) is 9.41. The number of carbonyl (C=O) groups is 1. The van der Waals surface area contributed by atoms with Crippen LogP contribution in [0.1, 0.15) is 98.0 Å². The average molecular weight is 913 g/mol. The van der Waals surface area contributed by atoms with Crippen LogP contribution in [-0.4, -0.2) is 63.0 Å². The van der Waals surface area contributed by atoms with Gasteiger partial charge in [0.05, 0.1) is 37.8 Å². The van der Waals surface area contributed by atoms with Gasteiger partial charge in [-0.1, -0.05) is 61.6 Å². The van der Waals surface area contributed by atoms with E-state index in [1.807, 2.05) is 74.5 Å². The Bertz CT molecular complexity index is 2580. The number of benzene rings is 3. The molecule has 6 aromatic rings. The Morgan fingerprint density at radius 1 is 0.954 bits per heavy atom. The molecule has 3 aromatic carbocycles. The van der Waals surface area contributed by atoms with E-state index in [9.17, 15) is 9.90 Å². The number of pyridine rings is 1. The minimum atomic E-state index is -1.17. The second-order valence-corrected chi connectivity index (χ2v) is 21.5. The molecule has 5 fully saturated rings. The fourth-order valence-electron chi connectivity index (χ4n) is 11.7. The number of hydrogen-bond acceptors (Lipinski definition) is 10. The highest BCUT2D eigenvalue weighted by molar-refractivity contribution is 7.60. The Kier molecular flexibility index (Phi) is 12.8. The van der Waals surface area contributed by atoms with Gasteiger partial charge in [-0.05, 0) is 154 Å². The molecule has 0 radical (unpaired) electrons. The fraction of sp³-hybridized carbons (Fsp3) is 0.462. The van der Waals surface area contributed by atoms with E-state index in [0.717, 1.165) is 87.4 Å². The topological polar surface area (TPSA) is 124 Å². The molecule has 12 rings (SSSR count). The zero-order valence-electron chi connectivity index (χ0n) is 38.0. The maximum absolute atomic E-state index is 13.9. The van der Waals surface area contributed by atoms with Gasteiger partial charge < -0.3 is 24.0 Å². The molecule has 65 heavy (non-hydrogen) atoms. The Morgan fingerprint density at radius 3 is 2.48 bits per heavy atom. The van der Waals surface area contributed by atoms with E-state index in [-0.39, 0.29) is 5.91 Å². The minimum Gasteiger partial charge on any atom is -0.462 e. The normalized spacial score (nSPS) is 24.9. The Morgan fingerprint density at radius 2 is 1.72 bits per heavy atom. The molecule has 1 amide bonds. The maximum Gasteiger partial charge on any atom is 0.257 e. The molecule has 4 saturated carbocycles. The molecule has 4 aliphatic carbocycles. The third-order valence-electron chi connectivity index (χ3n) is 14.4. The van der Waals surface area contributed by atoms with E-state index in [2.05, 4.69) is 57.9 Å². The predicted octanol–water partition coefficient (Wildman–Crippen LogP) is 10.7. The van der Waals surface area contributed by atoms with Crippen LogP contribution in [0, 0.1) is 30.1 Å². The Labute approximate surface area is 387 Å². The second kappa shape index (κ2) is 18.9. The number of ether oxygens (including phenoxy) is 2. The SMILES string of the molecule is CC.Cc1c(-c2ccc(N3CCc4cccc(C(=O)Nc5nc6ccccc6s5)c4C3)nc2P(C)OCc2ccc(OC3OCCC[C@@H]3O)cc2)cnn1CC12CC3CC(CC(C3)C1)C2. The monoisotopic (exact) mass is 912 g/mol. The van der Waals surface area contributed by atoms with Crippen molar-refractivity contribution < 1.29 is 23.9 Å². The lowest BCUT2D eigenvalue weighted by molar-refractivity contribution is -0.170. The largest absolute Gasteiger partial charge is 0.462 e. The van der Waals surface area contributed by atoms with Crippen molar-refractivity contribution in [3.05, 3.63) is 113 Å². The number of fused-ring (bicyclic) bond motifs is 2. The molecule has 4 bridgehead atoms. The van der Waals surface area contributed by atoms with Crippen molar-refractivity contribution in [3.8, 4) is 16.9 Å². The molecule has 2 unspecified atom stereocenters. The summed E-state index contributed by atoms with van der Waals surface area (Å²) in [6.45, 7) is 11.7. The smallest absolute Gasteiger partial charge is 0.257 e. The number of thiazole rings is 1. The number of rotatable bonds is 12. The number of aliphatic hydroxyl groups excluding tert-OH is 1. The molecular formula is C52H61N6O5PS. The van der Waals surface area contributed by atoms with Crippen LogP contribution in [0.2, 0.25) is 0 Å². The molecule has 11 nitrogen and oxygen atoms in total. The molecule has 2 N–H and O–H groups in total. The highest BCUT2D eigenvalue weighted by Crippen LogP contribution is 2.60. The van der Waals surface area contributed by atoms with Crippen LogP contribution in [-0.2, 0) is 35.4 Å². The number of aliphatic hydroxyl groups is 1. The van der Waals surface area contributed by atoms with E-state index in [1.165, 1.54) is 61.1 Å². The first-order valence-electron chi connectivity index (χ1n) is 23.7. The van der Waals surface area contributed by atoms with E-state index < -0.39 is 20.5 Å². The molecule has 5 heterocycles. The minimum absolute atomic E-state index is 0.150. The molecule has 0 spiro atoms. The van der Waals surface area contributed by atoms with Gasteiger partial charge in [-0.15, -0.1) is 0 Å². The molecule has 3 aromatic heterocycles. The summed E-state index contributed by atoms with van der Waals surface area (Å²) in [6.07, 6.45) is 11.4. The van der Waals surface area contributed by atoms with Gasteiger partial charge >= 0.3 is 0 Å². The van der Waals surface area contributed by atoms with Crippen molar-refractivity contribution in [2.45, 2.75) is 111 Å². The van der Waals surface area contributed by atoms with E-state index in [4.69, 9.17) is 24.1 Å². The van der Waals surface area contributed by atoms with Crippen LogP contribution in [0.25, 0.3) is 21.3 Å². The summed E-state index contributed by atoms with van der Waals surface area (Å²) in [5.74, 6) is 4.05. The van der Waals surface area contributed by atoms with Gasteiger partial charge in [-0.2, -0.15) is 5.10 Å².